The van der Waals surface area contributed by atoms with E-state index in [4.69, 9.17) is 16.3 Å². The van der Waals surface area contributed by atoms with Gasteiger partial charge >= 0.3 is 0 Å². The minimum Gasteiger partial charge on any atom is -0.383 e. The van der Waals surface area contributed by atoms with Gasteiger partial charge in [-0.1, -0.05) is 11.6 Å². The first-order chi connectivity index (χ1) is 9.20. The average molecular weight is 288 g/mol. The molecule has 1 aromatic heterocycles. The first-order valence-corrected chi connectivity index (χ1v) is 6.87. The van der Waals surface area contributed by atoms with Crippen molar-refractivity contribution in [3.63, 3.8) is 0 Å². The molecule has 0 amide bonds. The molecule has 2 rings (SSSR count). The summed E-state index contributed by atoms with van der Waals surface area (Å²) in [6.07, 6.45) is 3.75. The van der Waals surface area contributed by atoms with Crippen LogP contribution in [0.15, 0.2) is 12.3 Å². The van der Waals surface area contributed by atoms with Crippen LogP contribution in [-0.4, -0.2) is 44.4 Å². The summed E-state index contributed by atoms with van der Waals surface area (Å²) in [5, 5.41) is 3.72. The molecular formula is C13H19ClFN3O. The van der Waals surface area contributed by atoms with Crippen molar-refractivity contribution in [3.8, 4) is 0 Å². The van der Waals surface area contributed by atoms with Gasteiger partial charge in [0.05, 0.1) is 11.6 Å². The summed E-state index contributed by atoms with van der Waals surface area (Å²) < 4.78 is 19.0. The third-order valence-electron chi connectivity index (χ3n) is 3.26. The lowest BCUT2D eigenvalue weighted by Crippen LogP contribution is -2.40. The minimum absolute atomic E-state index is 0.312. The fourth-order valence-electron chi connectivity index (χ4n) is 2.30. The molecule has 0 aliphatic carbocycles. The molecular weight excluding hydrogens is 269 g/mol. The number of nitrogens with zero attached hydrogens (tertiary/aromatic N) is 2. The van der Waals surface area contributed by atoms with Crippen molar-refractivity contribution < 1.29 is 9.13 Å². The van der Waals surface area contributed by atoms with Gasteiger partial charge in [-0.15, -0.1) is 0 Å². The number of ether oxygens (including phenoxy) is 1. The van der Waals surface area contributed by atoms with Crippen LogP contribution < -0.4 is 10.2 Å². The first kappa shape index (κ1) is 14.5. The van der Waals surface area contributed by atoms with Crippen molar-refractivity contribution in [2.45, 2.75) is 18.9 Å². The molecule has 2 heterocycles. The van der Waals surface area contributed by atoms with E-state index in [0.717, 1.165) is 19.5 Å². The number of rotatable bonds is 6. The zero-order chi connectivity index (χ0) is 13.7. The lowest BCUT2D eigenvalue weighted by Gasteiger charge is -2.27. The summed E-state index contributed by atoms with van der Waals surface area (Å²) in [4.78, 5) is 6.02. The lowest BCUT2D eigenvalue weighted by molar-refractivity contribution is 0.204. The Hall–Kier alpha value is -0.910. The summed E-state index contributed by atoms with van der Waals surface area (Å²) in [6, 6.07) is 1.68. The number of aromatic nitrogens is 1. The van der Waals surface area contributed by atoms with Gasteiger partial charge in [0.25, 0.3) is 0 Å². The molecule has 0 aromatic carbocycles. The Morgan fingerprint density at radius 3 is 3.11 bits per heavy atom. The van der Waals surface area contributed by atoms with Crippen LogP contribution in [0.2, 0.25) is 5.02 Å². The Labute approximate surface area is 117 Å². The van der Waals surface area contributed by atoms with Crippen LogP contribution in [0.25, 0.3) is 0 Å². The molecule has 1 aliphatic rings. The van der Waals surface area contributed by atoms with Crippen molar-refractivity contribution in [1.82, 2.24) is 10.3 Å². The highest BCUT2D eigenvalue weighted by molar-refractivity contribution is 6.30. The number of halogens is 2. The molecule has 0 spiro atoms. The number of methoxy groups -OCH3 is 1. The highest BCUT2D eigenvalue weighted by atomic mass is 35.5. The van der Waals surface area contributed by atoms with E-state index in [2.05, 4.69) is 10.3 Å². The molecule has 0 saturated carbocycles. The smallest absolute Gasteiger partial charge is 0.167 e. The van der Waals surface area contributed by atoms with Crippen LogP contribution in [0.4, 0.5) is 10.2 Å². The molecule has 1 saturated heterocycles. The number of nitrogens with one attached hydrogen (secondary N) is 1. The van der Waals surface area contributed by atoms with E-state index >= 15 is 0 Å². The Bertz CT molecular complexity index is 413. The second kappa shape index (κ2) is 7.03. The van der Waals surface area contributed by atoms with Gasteiger partial charge in [0.15, 0.2) is 11.6 Å². The second-order valence-electron chi connectivity index (χ2n) is 4.69. The molecule has 4 nitrogen and oxygen atoms in total. The van der Waals surface area contributed by atoms with Gasteiger partial charge in [0.2, 0.25) is 0 Å². The van der Waals surface area contributed by atoms with E-state index < -0.39 is 0 Å². The summed E-state index contributed by atoms with van der Waals surface area (Å²) >= 11 is 5.74. The van der Waals surface area contributed by atoms with Crippen LogP contribution in [0.5, 0.6) is 0 Å². The van der Waals surface area contributed by atoms with E-state index in [0.29, 0.717) is 30.0 Å². The van der Waals surface area contributed by atoms with Gasteiger partial charge in [-0.05, 0) is 25.5 Å². The Morgan fingerprint density at radius 2 is 2.47 bits per heavy atom. The van der Waals surface area contributed by atoms with Gasteiger partial charge in [-0.2, -0.15) is 0 Å². The molecule has 1 aliphatic heterocycles. The maximum atomic E-state index is 14.0. The topological polar surface area (TPSA) is 37.4 Å². The van der Waals surface area contributed by atoms with Crippen molar-refractivity contribution in [1.29, 1.82) is 0 Å². The summed E-state index contributed by atoms with van der Waals surface area (Å²) in [6.45, 7) is 2.91. The highest BCUT2D eigenvalue weighted by Gasteiger charge is 2.21. The monoisotopic (exact) mass is 287 g/mol. The van der Waals surface area contributed by atoms with Gasteiger partial charge < -0.3 is 15.0 Å². The molecule has 1 aromatic rings. The van der Waals surface area contributed by atoms with E-state index in [1.807, 2.05) is 4.90 Å². The van der Waals surface area contributed by atoms with Crippen molar-refractivity contribution in [3.05, 3.63) is 23.1 Å². The fourth-order valence-corrected chi connectivity index (χ4v) is 2.45. The molecule has 1 unspecified atom stereocenters. The quantitative estimate of drug-likeness (QED) is 0.869. The average Bonchev–Trinajstić information content (AvgIpc) is 2.88. The minimum atomic E-state index is -0.387. The van der Waals surface area contributed by atoms with Gasteiger partial charge in [-0.25, -0.2) is 9.37 Å². The molecule has 1 N–H and O–H groups in total. The van der Waals surface area contributed by atoms with Crippen molar-refractivity contribution >= 4 is 17.4 Å². The predicted molar refractivity (Wildman–Crippen MR) is 74.3 cm³/mol. The predicted octanol–water partition coefficient (Wildman–Crippen LogP) is 2.08. The zero-order valence-corrected chi connectivity index (χ0v) is 11.8. The first-order valence-electron chi connectivity index (χ1n) is 6.49. The molecule has 6 heteroatoms. The fraction of sp³-hybridized carbons (Fsp3) is 0.615. The summed E-state index contributed by atoms with van der Waals surface area (Å²) in [5.74, 6) is -0.0447. The molecule has 0 bridgehead atoms. The van der Waals surface area contributed by atoms with E-state index in [9.17, 15) is 4.39 Å². The Balaban J connectivity index is 2.10. The summed E-state index contributed by atoms with van der Waals surface area (Å²) in [5.41, 5.74) is 0. The SMILES string of the molecule is COCCN(CC1CCCN1)c1ncc(Cl)cc1F. The van der Waals surface area contributed by atoms with E-state index in [1.165, 1.54) is 18.7 Å². The largest absolute Gasteiger partial charge is 0.383 e. The third kappa shape index (κ3) is 4.03. The van der Waals surface area contributed by atoms with Gasteiger partial charge in [0, 0.05) is 32.4 Å². The molecule has 1 fully saturated rings. The van der Waals surface area contributed by atoms with Crippen LogP contribution in [0.3, 0.4) is 0 Å². The van der Waals surface area contributed by atoms with Gasteiger partial charge in [0.1, 0.15) is 0 Å². The van der Waals surface area contributed by atoms with E-state index in [1.54, 1.807) is 7.11 Å². The third-order valence-corrected chi connectivity index (χ3v) is 3.46. The molecule has 0 radical (unpaired) electrons. The number of anilines is 1. The van der Waals surface area contributed by atoms with Crippen LogP contribution in [-0.2, 0) is 4.74 Å². The van der Waals surface area contributed by atoms with Crippen LogP contribution >= 0.6 is 11.6 Å². The van der Waals surface area contributed by atoms with Crippen LogP contribution in [0.1, 0.15) is 12.8 Å². The Kier molecular flexibility index (Phi) is 5.36. The van der Waals surface area contributed by atoms with Gasteiger partial charge in [-0.3, -0.25) is 0 Å². The number of hydrogen-bond acceptors (Lipinski definition) is 4. The van der Waals surface area contributed by atoms with Crippen LogP contribution in [0, 0.1) is 5.82 Å². The molecule has 106 valence electrons. The maximum Gasteiger partial charge on any atom is 0.167 e. The zero-order valence-electron chi connectivity index (χ0n) is 11.0. The normalized spacial score (nSPS) is 18.8. The summed E-state index contributed by atoms with van der Waals surface area (Å²) in [7, 11) is 1.64. The molecule has 19 heavy (non-hydrogen) atoms. The lowest BCUT2D eigenvalue weighted by atomic mass is 10.2. The highest BCUT2D eigenvalue weighted by Crippen LogP contribution is 2.20. The van der Waals surface area contributed by atoms with E-state index in [-0.39, 0.29) is 5.82 Å². The second-order valence-corrected chi connectivity index (χ2v) is 5.13. The van der Waals surface area contributed by atoms with Crippen molar-refractivity contribution in [2.75, 3.05) is 38.3 Å². The maximum absolute atomic E-state index is 14.0. The molecule has 1 atom stereocenters. The number of pyridine rings is 1. The number of hydrogen-bond donors (Lipinski definition) is 1. The van der Waals surface area contributed by atoms with Crippen molar-refractivity contribution in [2.24, 2.45) is 0 Å². The Morgan fingerprint density at radius 1 is 1.63 bits per heavy atom. The standard InChI is InChI=1S/C13H19ClFN3O/c1-19-6-5-18(9-11-3-2-4-16-11)13-12(15)7-10(14)8-17-13/h7-8,11,16H,2-6,9H2,1H3.